The Labute approximate surface area is 108 Å². The smallest absolute Gasteiger partial charge is 0.235 e. The van der Waals surface area contributed by atoms with Crippen molar-refractivity contribution in [2.75, 3.05) is 6.54 Å². The Balaban J connectivity index is 1.63. The normalized spacial score (nSPS) is 37.7. The third-order valence-corrected chi connectivity index (χ3v) is 4.61. The van der Waals surface area contributed by atoms with Crippen molar-refractivity contribution >= 4 is 11.8 Å². The summed E-state index contributed by atoms with van der Waals surface area (Å²) in [6.45, 7) is 2.77. The standard InChI is InChI=1S/C14H21NO3/c1-2-3-4-5-8-15-13(16)11-9-6-7-10(18-9)12(11)14(15)17/h9-12H,2-8H2,1H3/t9-,10+,11+,12-. The van der Waals surface area contributed by atoms with Gasteiger partial charge in [-0.15, -0.1) is 0 Å². The van der Waals surface area contributed by atoms with E-state index in [0.29, 0.717) is 6.54 Å². The number of amides is 2. The van der Waals surface area contributed by atoms with Crippen LogP contribution in [0.15, 0.2) is 0 Å². The van der Waals surface area contributed by atoms with Crippen LogP contribution in [0.4, 0.5) is 0 Å². The summed E-state index contributed by atoms with van der Waals surface area (Å²) in [7, 11) is 0. The Morgan fingerprint density at radius 2 is 1.67 bits per heavy atom. The minimum Gasteiger partial charge on any atom is -0.373 e. The van der Waals surface area contributed by atoms with Gasteiger partial charge in [0.1, 0.15) is 0 Å². The molecule has 4 heteroatoms. The molecule has 18 heavy (non-hydrogen) atoms. The summed E-state index contributed by atoms with van der Waals surface area (Å²) < 4.78 is 5.70. The van der Waals surface area contributed by atoms with Gasteiger partial charge in [-0.2, -0.15) is 0 Å². The van der Waals surface area contributed by atoms with Gasteiger partial charge in [-0.05, 0) is 19.3 Å². The zero-order valence-electron chi connectivity index (χ0n) is 10.9. The number of likely N-dealkylation sites (tertiary alicyclic amines) is 1. The second-order valence-corrected chi connectivity index (χ2v) is 5.73. The number of carbonyl (C=O) groups excluding carboxylic acids is 2. The van der Waals surface area contributed by atoms with E-state index in [2.05, 4.69) is 6.92 Å². The average molecular weight is 251 g/mol. The largest absolute Gasteiger partial charge is 0.373 e. The van der Waals surface area contributed by atoms with Crippen LogP contribution in [0.2, 0.25) is 0 Å². The Kier molecular flexibility index (Phi) is 3.14. The predicted octanol–water partition coefficient (Wildman–Crippen LogP) is 1.73. The van der Waals surface area contributed by atoms with Crippen LogP contribution in [0, 0.1) is 11.8 Å². The molecule has 2 amide bonds. The maximum Gasteiger partial charge on any atom is 0.235 e. The van der Waals surface area contributed by atoms with Gasteiger partial charge < -0.3 is 4.74 Å². The van der Waals surface area contributed by atoms with Crippen molar-refractivity contribution in [2.24, 2.45) is 11.8 Å². The van der Waals surface area contributed by atoms with Gasteiger partial charge in [-0.3, -0.25) is 14.5 Å². The zero-order valence-corrected chi connectivity index (χ0v) is 10.9. The number of hydrogen-bond donors (Lipinski definition) is 0. The summed E-state index contributed by atoms with van der Waals surface area (Å²) in [5.41, 5.74) is 0. The number of nitrogens with zero attached hydrogens (tertiary/aromatic N) is 1. The summed E-state index contributed by atoms with van der Waals surface area (Å²) in [4.78, 5) is 26.1. The van der Waals surface area contributed by atoms with Gasteiger partial charge in [-0.1, -0.05) is 26.2 Å². The molecule has 0 unspecified atom stereocenters. The van der Waals surface area contributed by atoms with Gasteiger partial charge in [0.25, 0.3) is 0 Å². The lowest BCUT2D eigenvalue weighted by atomic mass is 9.81. The van der Waals surface area contributed by atoms with Crippen molar-refractivity contribution in [1.82, 2.24) is 4.90 Å². The predicted molar refractivity (Wildman–Crippen MR) is 65.7 cm³/mol. The fourth-order valence-corrected chi connectivity index (χ4v) is 3.69. The highest BCUT2D eigenvalue weighted by Crippen LogP contribution is 2.48. The molecule has 3 aliphatic heterocycles. The summed E-state index contributed by atoms with van der Waals surface area (Å²) in [5.74, 6) is -0.229. The first-order valence-corrected chi connectivity index (χ1v) is 7.24. The van der Waals surface area contributed by atoms with Crippen molar-refractivity contribution in [1.29, 1.82) is 0 Å². The van der Waals surface area contributed by atoms with Crippen molar-refractivity contribution in [3.63, 3.8) is 0 Å². The monoisotopic (exact) mass is 251 g/mol. The third kappa shape index (κ3) is 1.69. The van der Waals surface area contributed by atoms with Gasteiger partial charge in [0.05, 0.1) is 24.0 Å². The number of rotatable bonds is 5. The third-order valence-electron chi connectivity index (χ3n) is 4.61. The molecule has 2 bridgehead atoms. The first kappa shape index (κ1) is 12.2. The molecular formula is C14H21NO3. The van der Waals surface area contributed by atoms with Crippen molar-refractivity contribution in [3.05, 3.63) is 0 Å². The molecule has 0 aromatic carbocycles. The van der Waals surface area contributed by atoms with Crippen LogP contribution in [0.25, 0.3) is 0 Å². The number of hydrogen-bond acceptors (Lipinski definition) is 3. The molecule has 100 valence electrons. The van der Waals surface area contributed by atoms with E-state index in [-0.39, 0.29) is 35.9 Å². The van der Waals surface area contributed by atoms with E-state index >= 15 is 0 Å². The van der Waals surface area contributed by atoms with Crippen LogP contribution in [0.1, 0.15) is 45.4 Å². The Bertz CT molecular complexity index is 340. The number of carbonyl (C=O) groups is 2. The molecule has 0 radical (unpaired) electrons. The molecule has 0 spiro atoms. The lowest BCUT2D eigenvalue weighted by Gasteiger charge is -2.17. The summed E-state index contributed by atoms with van der Waals surface area (Å²) in [6, 6.07) is 0. The van der Waals surface area contributed by atoms with Crippen LogP contribution < -0.4 is 0 Å². The first-order valence-electron chi connectivity index (χ1n) is 7.24. The van der Waals surface area contributed by atoms with Gasteiger partial charge in [0.2, 0.25) is 11.8 Å². The van der Waals surface area contributed by atoms with Crippen LogP contribution in [-0.2, 0) is 14.3 Å². The highest BCUT2D eigenvalue weighted by atomic mass is 16.5. The molecule has 0 aromatic rings. The van der Waals surface area contributed by atoms with Gasteiger partial charge in [-0.25, -0.2) is 0 Å². The number of imide groups is 1. The minimum atomic E-state index is -0.151. The quantitative estimate of drug-likeness (QED) is 0.552. The molecule has 0 N–H and O–H groups in total. The van der Waals surface area contributed by atoms with E-state index in [9.17, 15) is 9.59 Å². The number of ether oxygens (including phenoxy) is 1. The molecule has 3 aliphatic rings. The summed E-state index contributed by atoms with van der Waals surface area (Å²) in [5, 5.41) is 0. The molecule has 0 saturated carbocycles. The maximum absolute atomic E-state index is 12.3. The molecular weight excluding hydrogens is 230 g/mol. The molecule has 4 atom stereocenters. The molecule has 0 aliphatic carbocycles. The average Bonchev–Trinajstić information content (AvgIpc) is 3.02. The number of fused-ring (bicyclic) bond motifs is 5. The Morgan fingerprint density at radius 1 is 1.06 bits per heavy atom. The lowest BCUT2D eigenvalue weighted by Crippen LogP contribution is -2.35. The topological polar surface area (TPSA) is 46.6 Å². The molecule has 3 fully saturated rings. The highest BCUT2D eigenvalue weighted by Gasteiger charge is 2.61. The van der Waals surface area contributed by atoms with E-state index in [0.717, 1.165) is 25.7 Å². The fraction of sp³-hybridized carbons (Fsp3) is 0.857. The summed E-state index contributed by atoms with van der Waals surface area (Å²) in [6.07, 6.45) is 6.35. The van der Waals surface area contributed by atoms with Crippen LogP contribution >= 0.6 is 0 Å². The summed E-state index contributed by atoms with van der Waals surface area (Å²) >= 11 is 0. The highest BCUT2D eigenvalue weighted by molar-refractivity contribution is 6.06. The lowest BCUT2D eigenvalue weighted by molar-refractivity contribution is -0.142. The van der Waals surface area contributed by atoms with E-state index in [4.69, 9.17) is 4.74 Å². The Morgan fingerprint density at radius 3 is 2.22 bits per heavy atom. The fourth-order valence-electron chi connectivity index (χ4n) is 3.69. The minimum absolute atomic E-state index is 0.0251. The van der Waals surface area contributed by atoms with Crippen molar-refractivity contribution in [3.8, 4) is 0 Å². The molecule has 4 nitrogen and oxygen atoms in total. The number of unbranched alkanes of at least 4 members (excludes halogenated alkanes) is 3. The second kappa shape index (κ2) is 4.65. The van der Waals surface area contributed by atoms with Gasteiger partial charge in [0.15, 0.2) is 0 Å². The molecule has 3 heterocycles. The van der Waals surface area contributed by atoms with E-state index in [1.165, 1.54) is 17.7 Å². The van der Waals surface area contributed by atoms with Gasteiger partial charge in [0, 0.05) is 6.54 Å². The van der Waals surface area contributed by atoms with Crippen LogP contribution in [0.5, 0.6) is 0 Å². The molecule has 3 rings (SSSR count). The van der Waals surface area contributed by atoms with Gasteiger partial charge >= 0.3 is 0 Å². The van der Waals surface area contributed by atoms with Crippen molar-refractivity contribution < 1.29 is 14.3 Å². The van der Waals surface area contributed by atoms with Crippen molar-refractivity contribution in [2.45, 2.75) is 57.7 Å². The van der Waals surface area contributed by atoms with E-state index in [1.54, 1.807) is 0 Å². The second-order valence-electron chi connectivity index (χ2n) is 5.73. The SMILES string of the molecule is CCCCCCN1C(=O)[C@@H]2[C@H](C1=O)[C@@H]1CC[C@H]2O1. The van der Waals surface area contributed by atoms with Crippen LogP contribution in [-0.4, -0.2) is 35.5 Å². The molecule has 0 aromatic heterocycles. The van der Waals surface area contributed by atoms with E-state index < -0.39 is 0 Å². The first-order chi connectivity index (χ1) is 8.74. The van der Waals surface area contributed by atoms with E-state index in [1.807, 2.05) is 0 Å². The zero-order chi connectivity index (χ0) is 12.7. The Hall–Kier alpha value is -0.900. The molecule has 3 saturated heterocycles. The maximum atomic E-state index is 12.3. The van der Waals surface area contributed by atoms with Crippen LogP contribution in [0.3, 0.4) is 0 Å².